The van der Waals surface area contributed by atoms with Gasteiger partial charge in [-0.15, -0.1) is 0 Å². The molecular formula is C15H22BrFN2O2. The van der Waals surface area contributed by atoms with Crippen LogP contribution in [0.2, 0.25) is 0 Å². The maximum atomic E-state index is 13.9. The van der Waals surface area contributed by atoms with E-state index in [2.05, 4.69) is 20.9 Å². The molecular weight excluding hydrogens is 339 g/mol. The van der Waals surface area contributed by atoms with Gasteiger partial charge in [-0.05, 0) is 49.5 Å². The third-order valence-electron chi connectivity index (χ3n) is 3.56. The van der Waals surface area contributed by atoms with Crippen molar-refractivity contribution in [2.75, 3.05) is 18.0 Å². The predicted molar refractivity (Wildman–Crippen MR) is 83.7 cm³/mol. The number of aliphatic hydroxyl groups excluding tert-OH is 1. The zero-order valence-electron chi connectivity index (χ0n) is 12.6. The molecule has 21 heavy (non-hydrogen) atoms. The van der Waals surface area contributed by atoms with Gasteiger partial charge in [0, 0.05) is 25.2 Å². The number of hydrogen-bond donors (Lipinski definition) is 1. The zero-order chi connectivity index (χ0) is 15.6. The molecule has 1 aliphatic heterocycles. The van der Waals surface area contributed by atoms with E-state index in [0.717, 1.165) is 12.8 Å². The number of halogens is 2. The Morgan fingerprint density at radius 2 is 2.00 bits per heavy atom. The number of hydrogen-bond acceptors (Lipinski definition) is 4. The van der Waals surface area contributed by atoms with E-state index >= 15 is 0 Å². The van der Waals surface area contributed by atoms with Crippen LogP contribution in [0.5, 0.6) is 0 Å². The summed E-state index contributed by atoms with van der Waals surface area (Å²) in [7, 11) is 0. The van der Waals surface area contributed by atoms with Crippen molar-refractivity contribution in [1.82, 2.24) is 4.98 Å². The van der Waals surface area contributed by atoms with Gasteiger partial charge >= 0.3 is 0 Å². The highest BCUT2D eigenvalue weighted by Crippen LogP contribution is 2.33. The highest BCUT2D eigenvalue weighted by molar-refractivity contribution is 9.10. The minimum absolute atomic E-state index is 0.0872. The van der Waals surface area contributed by atoms with Crippen LogP contribution < -0.4 is 4.90 Å². The number of ether oxygens (including phenoxy) is 1. The normalized spacial score (nSPS) is 18.9. The Morgan fingerprint density at radius 3 is 2.52 bits per heavy atom. The predicted octanol–water partition coefficient (Wildman–Crippen LogP) is 3.33. The summed E-state index contributed by atoms with van der Waals surface area (Å²) in [4.78, 5) is 5.80. The summed E-state index contributed by atoms with van der Waals surface area (Å²) in [5.41, 5.74) is 0.186. The molecule has 6 heteroatoms. The molecule has 4 nitrogen and oxygen atoms in total. The summed E-state index contributed by atoms with van der Waals surface area (Å²) >= 11 is 3.35. The molecule has 2 rings (SSSR count). The van der Waals surface area contributed by atoms with Crippen LogP contribution in [0.1, 0.15) is 33.6 Å². The standard InChI is InChI=1S/C15H22BrFN2O2/c1-15(2,3)21-14(20)10-4-6-19(7-5-10)13-11(16)8-18-9-12(13)17/h8-10,14,20H,4-7H2,1-3H3. The van der Waals surface area contributed by atoms with Gasteiger partial charge < -0.3 is 14.7 Å². The average Bonchev–Trinajstić information content (AvgIpc) is 2.37. The van der Waals surface area contributed by atoms with E-state index in [4.69, 9.17) is 4.74 Å². The molecule has 1 aromatic rings. The number of pyridine rings is 1. The fraction of sp³-hybridized carbons (Fsp3) is 0.667. The van der Waals surface area contributed by atoms with Gasteiger partial charge in [-0.2, -0.15) is 0 Å². The molecule has 1 unspecified atom stereocenters. The summed E-state index contributed by atoms with van der Waals surface area (Å²) in [6.07, 6.45) is 3.60. The topological polar surface area (TPSA) is 45.6 Å². The smallest absolute Gasteiger partial charge is 0.165 e. The second-order valence-electron chi connectivity index (χ2n) is 6.40. The van der Waals surface area contributed by atoms with Crippen molar-refractivity contribution in [3.05, 3.63) is 22.7 Å². The van der Waals surface area contributed by atoms with Gasteiger partial charge in [-0.1, -0.05) is 0 Å². The molecule has 1 fully saturated rings. The third kappa shape index (κ3) is 4.37. The van der Waals surface area contributed by atoms with Gasteiger partial charge in [0.25, 0.3) is 0 Å². The summed E-state index contributed by atoms with van der Waals surface area (Å²) in [6, 6.07) is 0. The molecule has 1 N–H and O–H groups in total. The fourth-order valence-corrected chi connectivity index (χ4v) is 3.13. The van der Waals surface area contributed by atoms with Crippen LogP contribution >= 0.6 is 15.9 Å². The van der Waals surface area contributed by atoms with Gasteiger partial charge in [0.15, 0.2) is 12.1 Å². The summed E-state index contributed by atoms with van der Waals surface area (Å²) < 4.78 is 20.2. The number of aliphatic hydroxyl groups is 1. The van der Waals surface area contributed by atoms with Crippen molar-refractivity contribution >= 4 is 21.6 Å². The SMILES string of the molecule is CC(C)(C)OC(O)C1CCN(c2c(F)cncc2Br)CC1. The van der Waals surface area contributed by atoms with Crippen molar-refractivity contribution < 1.29 is 14.2 Å². The van der Waals surface area contributed by atoms with Crippen LogP contribution in [0.15, 0.2) is 16.9 Å². The molecule has 0 aliphatic carbocycles. The maximum Gasteiger partial charge on any atom is 0.165 e. The maximum absolute atomic E-state index is 13.9. The largest absolute Gasteiger partial charge is 0.368 e. The molecule has 1 aromatic heterocycles. The van der Waals surface area contributed by atoms with Gasteiger partial charge in [0.1, 0.15) is 0 Å². The minimum atomic E-state index is -0.766. The Kier molecular flexibility index (Phi) is 5.22. The summed E-state index contributed by atoms with van der Waals surface area (Å²) in [5, 5.41) is 10.1. The first-order valence-electron chi connectivity index (χ1n) is 7.18. The Morgan fingerprint density at radius 1 is 1.38 bits per heavy atom. The number of aromatic nitrogens is 1. The number of nitrogens with zero attached hydrogens (tertiary/aromatic N) is 2. The van der Waals surface area contributed by atoms with E-state index in [1.54, 1.807) is 6.20 Å². The second kappa shape index (κ2) is 6.58. The van der Waals surface area contributed by atoms with Crippen molar-refractivity contribution in [2.45, 2.75) is 45.5 Å². The summed E-state index contributed by atoms with van der Waals surface area (Å²) in [6.45, 7) is 7.15. The molecule has 1 saturated heterocycles. The summed E-state index contributed by atoms with van der Waals surface area (Å²) in [5.74, 6) is -0.238. The lowest BCUT2D eigenvalue weighted by molar-refractivity contribution is -0.194. The molecule has 1 aliphatic rings. The van der Waals surface area contributed by atoms with Gasteiger partial charge in [0.05, 0.1) is 22.0 Å². The fourth-order valence-electron chi connectivity index (χ4n) is 2.57. The molecule has 0 amide bonds. The van der Waals surface area contributed by atoms with Crippen molar-refractivity contribution in [3.8, 4) is 0 Å². The molecule has 0 aromatic carbocycles. The number of rotatable bonds is 3. The molecule has 0 spiro atoms. The Labute approximate surface area is 133 Å². The molecule has 0 saturated carbocycles. The quantitative estimate of drug-likeness (QED) is 0.839. The average molecular weight is 361 g/mol. The minimum Gasteiger partial charge on any atom is -0.368 e. The van der Waals surface area contributed by atoms with Crippen LogP contribution in [0.25, 0.3) is 0 Å². The number of anilines is 1. The van der Waals surface area contributed by atoms with Crippen LogP contribution in [0.4, 0.5) is 10.1 Å². The van der Waals surface area contributed by atoms with Gasteiger partial charge in [-0.3, -0.25) is 4.98 Å². The lowest BCUT2D eigenvalue weighted by atomic mass is 9.95. The lowest BCUT2D eigenvalue weighted by Gasteiger charge is -2.37. The van der Waals surface area contributed by atoms with Crippen LogP contribution in [-0.4, -0.2) is 35.1 Å². The Hall–Kier alpha value is -0.720. The van der Waals surface area contributed by atoms with Gasteiger partial charge in [-0.25, -0.2) is 4.39 Å². The van der Waals surface area contributed by atoms with Crippen molar-refractivity contribution in [1.29, 1.82) is 0 Å². The first-order chi connectivity index (χ1) is 9.78. The van der Waals surface area contributed by atoms with Crippen LogP contribution in [0.3, 0.4) is 0 Å². The van der Waals surface area contributed by atoms with E-state index < -0.39 is 6.29 Å². The first-order valence-corrected chi connectivity index (χ1v) is 7.97. The highest BCUT2D eigenvalue weighted by Gasteiger charge is 2.30. The lowest BCUT2D eigenvalue weighted by Crippen LogP contribution is -2.41. The second-order valence-corrected chi connectivity index (χ2v) is 7.25. The van der Waals surface area contributed by atoms with E-state index in [0.29, 0.717) is 23.2 Å². The van der Waals surface area contributed by atoms with Gasteiger partial charge in [0.2, 0.25) is 0 Å². The molecule has 2 heterocycles. The zero-order valence-corrected chi connectivity index (χ0v) is 14.2. The van der Waals surface area contributed by atoms with Crippen molar-refractivity contribution in [2.24, 2.45) is 5.92 Å². The third-order valence-corrected chi connectivity index (χ3v) is 4.14. The monoisotopic (exact) mass is 360 g/mol. The van der Waals surface area contributed by atoms with Crippen molar-refractivity contribution in [3.63, 3.8) is 0 Å². The Balaban J connectivity index is 1.97. The van der Waals surface area contributed by atoms with E-state index in [1.165, 1.54) is 6.20 Å². The Bertz CT molecular complexity index is 465. The molecule has 118 valence electrons. The van der Waals surface area contributed by atoms with E-state index in [1.807, 2.05) is 25.7 Å². The molecule has 1 atom stereocenters. The first kappa shape index (κ1) is 16.6. The van der Waals surface area contributed by atoms with E-state index in [-0.39, 0.29) is 17.3 Å². The number of piperidine rings is 1. The highest BCUT2D eigenvalue weighted by atomic mass is 79.9. The van der Waals surface area contributed by atoms with Crippen LogP contribution in [-0.2, 0) is 4.74 Å². The van der Waals surface area contributed by atoms with E-state index in [9.17, 15) is 9.50 Å². The van der Waals surface area contributed by atoms with Crippen LogP contribution in [0, 0.1) is 11.7 Å². The molecule has 0 bridgehead atoms. The molecule has 0 radical (unpaired) electrons.